The van der Waals surface area contributed by atoms with Gasteiger partial charge in [0.1, 0.15) is 24.9 Å². The Labute approximate surface area is 136 Å². The second-order valence-electron chi connectivity index (χ2n) is 5.89. The summed E-state index contributed by atoms with van der Waals surface area (Å²) in [5.41, 5.74) is 5.52. The van der Waals surface area contributed by atoms with Crippen LogP contribution in [0.2, 0.25) is 0 Å². The van der Waals surface area contributed by atoms with Gasteiger partial charge in [-0.1, -0.05) is 56.3 Å². The van der Waals surface area contributed by atoms with Gasteiger partial charge >= 0.3 is 0 Å². The van der Waals surface area contributed by atoms with Gasteiger partial charge in [-0.15, -0.1) is 0 Å². The molecular weight excluding hydrogens is 286 g/mol. The number of aldehydes is 1. The number of ether oxygens (including phenoxy) is 1. The zero-order valence-electron chi connectivity index (χ0n) is 13.3. The van der Waals surface area contributed by atoms with Crippen molar-refractivity contribution in [3.8, 4) is 0 Å². The molecule has 0 N–H and O–H groups in total. The average Bonchev–Trinajstić information content (AvgIpc) is 2.62. The summed E-state index contributed by atoms with van der Waals surface area (Å²) in [5.74, 6) is 0.505. The van der Waals surface area contributed by atoms with E-state index in [0.29, 0.717) is 18.1 Å². The molecule has 0 aromatic heterocycles. The van der Waals surface area contributed by atoms with E-state index in [1.807, 2.05) is 18.2 Å². The van der Waals surface area contributed by atoms with Gasteiger partial charge in [-0.25, -0.2) is 4.99 Å². The Morgan fingerprint density at radius 2 is 1.87 bits per heavy atom. The summed E-state index contributed by atoms with van der Waals surface area (Å²) in [6.07, 6.45) is 2.53. The fourth-order valence-corrected chi connectivity index (χ4v) is 2.51. The van der Waals surface area contributed by atoms with Crippen LogP contribution < -0.4 is 0 Å². The summed E-state index contributed by atoms with van der Waals surface area (Å²) in [6.45, 7) is 4.76. The molecule has 1 aliphatic rings. The normalized spacial score (nSPS) is 14.0. The standard InChI is InChI=1S/C20H19NO2/c1-14(2)16-6-8-17(9-7-16)19-12-23-13-20(21-19)18-5-3-4-15(10-18)11-22/h3-12,14H,13H2,1-2H3. The predicted octanol–water partition coefficient (Wildman–Crippen LogP) is 4.44. The SMILES string of the molecule is CC(C)c1ccc(C2=COCC(c3cccc(C=O)c3)=N2)cc1. The topological polar surface area (TPSA) is 38.7 Å². The van der Waals surface area contributed by atoms with Gasteiger partial charge in [0, 0.05) is 16.7 Å². The van der Waals surface area contributed by atoms with E-state index in [4.69, 9.17) is 9.73 Å². The van der Waals surface area contributed by atoms with Crippen molar-refractivity contribution in [3.63, 3.8) is 0 Å². The molecule has 116 valence electrons. The van der Waals surface area contributed by atoms with Crippen LogP contribution in [0.25, 0.3) is 5.70 Å². The van der Waals surface area contributed by atoms with E-state index in [2.05, 4.69) is 38.1 Å². The molecule has 0 bridgehead atoms. The van der Waals surface area contributed by atoms with Crippen LogP contribution in [0.15, 0.2) is 59.8 Å². The third-order valence-electron chi connectivity index (χ3n) is 3.90. The lowest BCUT2D eigenvalue weighted by atomic mass is 10.0. The molecule has 2 aromatic rings. The first-order valence-corrected chi connectivity index (χ1v) is 7.72. The summed E-state index contributed by atoms with van der Waals surface area (Å²) in [5, 5.41) is 0. The van der Waals surface area contributed by atoms with Gasteiger partial charge in [0.15, 0.2) is 0 Å². The minimum absolute atomic E-state index is 0.413. The van der Waals surface area contributed by atoms with Crippen LogP contribution in [0, 0.1) is 0 Å². The lowest BCUT2D eigenvalue weighted by Crippen LogP contribution is -2.13. The Bertz CT molecular complexity index is 770. The fourth-order valence-electron chi connectivity index (χ4n) is 2.51. The Kier molecular flexibility index (Phi) is 4.38. The van der Waals surface area contributed by atoms with Gasteiger partial charge in [0.25, 0.3) is 0 Å². The smallest absolute Gasteiger partial charge is 0.150 e. The Hall–Kier alpha value is -2.68. The van der Waals surface area contributed by atoms with E-state index in [-0.39, 0.29) is 0 Å². The van der Waals surface area contributed by atoms with E-state index >= 15 is 0 Å². The van der Waals surface area contributed by atoms with E-state index in [9.17, 15) is 4.79 Å². The number of carbonyl (C=O) groups excluding carboxylic acids is 1. The molecule has 0 spiro atoms. The summed E-state index contributed by atoms with van der Waals surface area (Å²) in [6, 6.07) is 15.8. The molecule has 0 aliphatic carbocycles. The highest BCUT2D eigenvalue weighted by Crippen LogP contribution is 2.23. The number of aliphatic imine (C=N–C) groups is 1. The maximum Gasteiger partial charge on any atom is 0.150 e. The first-order valence-electron chi connectivity index (χ1n) is 7.72. The first kappa shape index (κ1) is 15.2. The minimum atomic E-state index is 0.413. The number of hydrogen-bond acceptors (Lipinski definition) is 3. The lowest BCUT2D eigenvalue weighted by molar-refractivity contribution is 0.112. The molecule has 0 saturated heterocycles. The van der Waals surface area contributed by atoms with Crippen LogP contribution in [0.5, 0.6) is 0 Å². The van der Waals surface area contributed by atoms with Gasteiger partial charge in [-0.2, -0.15) is 0 Å². The van der Waals surface area contributed by atoms with Crippen LogP contribution in [-0.2, 0) is 4.74 Å². The van der Waals surface area contributed by atoms with Crippen molar-refractivity contribution in [3.05, 3.63) is 77.0 Å². The number of nitrogens with zero attached hydrogens (tertiary/aromatic N) is 1. The van der Waals surface area contributed by atoms with Crippen molar-refractivity contribution in [2.24, 2.45) is 4.99 Å². The van der Waals surface area contributed by atoms with Gasteiger partial charge in [0.05, 0.1) is 5.71 Å². The molecule has 1 heterocycles. The lowest BCUT2D eigenvalue weighted by Gasteiger charge is -2.15. The average molecular weight is 305 g/mol. The second kappa shape index (κ2) is 6.61. The van der Waals surface area contributed by atoms with Crippen molar-refractivity contribution in [2.45, 2.75) is 19.8 Å². The number of carbonyl (C=O) groups is 1. The van der Waals surface area contributed by atoms with Crippen LogP contribution >= 0.6 is 0 Å². The summed E-state index contributed by atoms with van der Waals surface area (Å²) in [7, 11) is 0. The Morgan fingerprint density at radius 3 is 2.57 bits per heavy atom. The molecule has 0 saturated carbocycles. The Balaban J connectivity index is 1.90. The number of benzene rings is 2. The molecule has 3 nitrogen and oxygen atoms in total. The van der Waals surface area contributed by atoms with Crippen LogP contribution in [-0.4, -0.2) is 18.6 Å². The van der Waals surface area contributed by atoms with Crippen LogP contribution in [0.4, 0.5) is 0 Å². The highest BCUT2D eigenvalue weighted by molar-refractivity contribution is 6.05. The molecule has 1 aliphatic heterocycles. The van der Waals surface area contributed by atoms with Gasteiger partial charge in [-0.3, -0.25) is 4.79 Å². The van der Waals surface area contributed by atoms with E-state index in [0.717, 1.165) is 28.8 Å². The number of rotatable bonds is 4. The molecular formula is C20H19NO2. The second-order valence-corrected chi connectivity index (χ2v) is 5.89. The maximum atomic E-state index is 10.9. The highest BCUT2D eigenvalue weighted by Gasteiger charge is 2.13. The van der Waals surface area contributed by atoms with E-state index < -0.39 is 0 Å². The molecule has 3 rings (SSSR count). The van der Waals surface area contributed by atoms with Crippen molar-refractivity contribution < 1.29 is 9.53 Å². The molecule has 23 heavy (non-hydrogen) atoms. The van der Waals surface area contributed by atoms with Gasteiger partial charge in [-0.05, 0) is 17.5 Å². The highest BCUT2D eigenvalue weighted by atomic mass is 16.5. The first-order chi connectivity index (χ1) is 11.2. The number of hydrogen-bond donors (Lipinski definition) is 0. The third-order valence-corrected chi connectivity index (χ3v) is 3.90. The zero-order valence-corrected chi connectivity index (χ0v) is 13.3. The van der Waals surface area contributed by atoms with Gasteiger partial charge < -0.3 is 4.74 Å². The van der Waals surface area contributed by atoms with Crippen LogP contribution in [0.3, 0.4) is 0 Å². The monoisotopic (exact) mass is 305 g/mol. The predicted molar refractivity (Wildman–Crippen MR) is 92.8 cm³/mol. The molecule has 0 fully saturated rings. The van der Waals surface area contributed by atoms with E-state index in [1.165, 1.54) is 5.56 Å². The third kappa shape index (κ3) is 3.39. The molecule has 0 unspecified atom stereocenters. The van der Waals surface area contributed by atoms with E-state index in [1.54, 1.807) is 12.3 Å². The Morgan fingerprint density at radius 1 is 1.09 bits per heavy atom. The van der Waals surface area contributed by atoms with Gasteiger partial charge in [0.2, 0.25) is 0 Å². The quantitative estimate of drug-likeness (QED) is 0.783. The molecule has 0 radical (unpaired) electrons. The molecule has 0 amide bonds. The summed E-state index contributed by atoms with van der Waals surface area (Å²) in [4.78, 5) is 15.6. The van der Waals surface area contributed by atoms with Crippen molar-refractivity contribution in [2.75, 3.05) is 6.61 Å². The molecule has 0 atom stereocenters. The molecule has 3 heteroatoms. The maximum absolute atomic E-state index is 10.9. The van der Waals surface area contributed by atoms with Crippen molar-refractivity contribution in [1.29, 1.82) is 0 Å². The fraction of sp³-hybridized carbons (Fsp3) is 0.200. The largest absolute Gasteiger partial charge is 0.493 e. The van der Waals surface area contributed by atoms with Crippen LogP contribution in [0.1, 0.15) is 46.8 Å². The van der Waals surface area contributed by atoms with Crippen molar-refractivity contribution in [1.82, 2.24) is 0 Å². The van der Waals surface area contributed by atoms with Crippen molar-refractivity contribution >= 4 is 17.7 Å². The minimum Gasteiger partial charge on any atom is -0.493 e. The molecule has 2 aromatic carbocycles. The summed E-state index contributed by atoms with van der Waals surface area (Å²) >= 11 is 0. The zero-order chi connectivity index (χ0) is 16.2. The summed E-state index contributed by atoms with van der Waals surface area (Å²) < 4.78 is 5.57.